The maximum absolute atomic E-state index is 13.5. The second kappa shape index (κ2) is 21.1. The van der Waals surface area contributed by atoms with Crippen molar-refractivity contribution < 1.29 is 42.9 Å². The van der Waals surface area contributed by atoms with E-state index in [2.05, 4.69) is 25.9 Å². The van der Waals surface area contributed by atoms with Gasteiger partial charge >= 0.3 is 6.18 Å². The molecule has 0 spiro atoms. The molecule has 14 nitrogen and oxygen atoms in total. The van der Waals surface area contributed by atoms with Gasteiger partial charge in [0.15, 0.2) is 0 Å². The van der Waals surface area contributed by atoms with Gasteiger partial charge in [0.2, 0.25) is 24.0 Å². The van der Waals surface area contributed by atoms with Crippen molar-refractivity contribution in [3.05, 3.63) is 47.3 Å². The number of alkyl halides is 3. The minimum Gasteiger partial charge on any atom is -0.394 e. The maximum Gasteiger partial charge on any atom is 0.451 e. The molecule has 2 fully saturated rings. The highest BCUT2D eigenvalue weighted by Crippen LogP contribution is 2.33. The number of piperidine rings is 1. The number of halogens is 3. The predicted molar refractivity (Wildman–Crippen MR) is 186 cm³/mol. The Kier molecular flexibility index (Phi) is 17.0. The van der Waals surface area contributed by atoms with Crippen LogP contribution in [0.2, 0.25) is 0 Å². The fourth-order valence-corrected chi connectivity index (χ4v) is 5.87. The molecular formula is C35H49F3N8O6. The zero-order valence-corrected chi connectivity index (χ0v) is 29.2. The number of hydrogen-bond donors (Lipinski definition) is 6. The number of nitrogens with zero attached hydrogens (tertiary/aromatic N) is 5. The molecule has 17 heteroatoms. The molecule has 0 radical (unpaired) electrons. The summed E-state index contributed by atoms with van der Waals surface area (Å²) >= 11 is 0. The number of nitrogens with one attached hydrogen (secondary N) is 3. The molecule has 52 heavy (non-hydrogen) atoms. The molecule has 3 amide bonds. The lowest BCUT2D eigenvalue weighted by atomic mass is 9.91. The van der Waals surface area contributed by atoms with E-state index in [4.69, 9.17) is 5.26 Å². The Morgan fingerprint density at radius 3 is 2.04 bits per heavy atom. The van der Waals surface area contributed by atoms with E-state index < -0.39 is 43.3 Å². The average Bonchev–Trinajstić information content (AvgIpc) is 3.70. The molecule has 3 heterocycles. The van der Waals surface area contributed by atoms with Crippen molar-refractivity contribution in [2.45, 2.75) is 69.5 Å². The van der Waals surface area contributed by atoms with E-state index in [-0.39, 0.29) is 25.3 Å². The van der Waals surface area contributed by atoms with Crippen LogP contribution in [-0.2, 0) is 27.0 Å². The minimum atomic E-state index is -4.62. The van der Waals surface area contributed by atoms with E-state index in [1.807, 2.05) is 28.0 Å². The summed E-state index contributed by atoms with van der Waals surface area (Å²) in [5.74, 6) is -0.849. The summed E-state index contributed by atoms with van der Waals surface area (Å²) < 4.78 is 40.4. The van der Waals surface area contributed by atoms with Gasteiger partial charge in [-0.2, -0.15) is 18.4 Å². The van der Waals surface area contributed by atoms with Crippen LogP contribution in [-0.4, -0.2) is 108 Å². The molecule has 2 saturated heterocycles. The van der Waals surface area contributed by atoms with Crippen LogP contribution >= 0.6 is 0 Å². The average molecular weight is 735 g/mol. The number of aliphatic hydroxyl groups is 3. The molecule has 0 aliphatic carbocycles. The molecule has 1 aromatic heterocycles. The van der Waals surface area contributed by atoms with Crippen LogP contribution in [0.4, 0.5) is 24.8 Å². The van der Waals surface area contributed by atoms with E-state index in [0.717, 1.165) is 44.1 Å². The molecule has 1 aromatic carbocycles. The van der Waals surface area contributed by atoms with Gasteiger partial charge in [-0.3, -0.25) is 14.4 Å². The summed E-state index contributed by atoms with van der Waals surface area (Å²) in [6.45, 7) is 1.39. The molecule has 2 aromatic rings. The van der Waals surface area contributed by atoms with E-state index >= 15 is 0 Å². The van der Waals surface area contributed by atoms with E-state index in [9.17, 15) is 42.9 Å². The van der Waals surface area contributed by atoms with Gasteiger partial charge in [-0.1, -0.05) is 12.1 Å². The Hall–Kier alpha value is -4.53. The number of aliphatic hydroxyl groups excluding tert-OH is 3. The molecule has 0 saturated carbocycles. The Morgan fingerprint density at radius 1 is 0.904 bits per heavy atom. The normalized spacial score (nSPS) is 14.9. The van der Waals surface area contributed by atoms with Crippen LogP contribution in [0.1, 0.15) is 68.3 Å². The Labute approximate surface area is 301 Å². The maximum atomic E-state index is 13.5. The standard InChI is InChI=1S/C25H39F3N6O5.C10H10N2O/c26-25(27,28)23-30-19(33-10-1-2-11-33)14-20(31-23)34-12-7-18(8-13-34)4-3-5-21(38)29-9-6-22(39)32-24(15-35,16-36)17-37;11-7-10-3-1-9(2-4-10)5-6-12-8-13/h14,18,35-37H,1-13,15-17H2,(H,29,38)(H,32,39);1-4,8H,5-6H2,(H,12,13). The third-order valence-electron chi connectivity index (χ3n) is 9.05. The smallest absolute Gasteiger partial charge is 0.394 e. The van der Waals surface area contributed by atoms with Crippen LogP contribution in [0.15, 0.2) is 30.3 Å². The summed E-state index contributed by atoms with van der Waals surface area (Å²) in [6, 6.07) is 11.0. The van der Waals surface area contributed by atoms with Crippen LogP contribution in [0.3, 0.4) is 0 Å². The lowest BCUT2D eigenvalue weighted by Crippen LogP contribution is -2.57. The summed E-state index contributed by atoms with van der Waals surface area (Å²) in [5.41, 5.74) is 0.279. The van der Waals surface area contributed by atoms with Crippen LogP contribution in [0.5, 0.6) is 0 Å². The Bertz CT molecular complexity index is 1450. The van der Waals surface area contributed by atoms with Crippen molar-refractivity contribution in [1.82, 2.24) is 25.9 Å². The third-order valence-corrected chi connectivity index (χ3v) is 9.05. The first-order chi connectivity index (χ1) is 24.9. The SMILES string of the molecule is N#Cc1ccc(CCNC=O)cc1.O=C(CCCC1CCN(c2cc(N3CCCC3)nc(C(F)(F)F)n2)CC1)NCCC(=O)NC(CO)(CO)CO. The molecule has 4 rings (SSSR count). The van der Waals surface area contributed by atoms with Gasteiger partial charge in [0.1, 0.15) is 17.2 Å². The Balaban J connectivity index is 0.000000471. The molecule has 6 N–H and O–H groups in total. The topological polar surface area (TPSA) is 204 Å². The number of amides is 3. The summed E-state index contributed by atoms with van der Waals surface area (Å²) in [7, 11) is 0. The van der Waals surface area contributed by atoms with Gasteiger partial charge in [-0.15, -0.1) is 0 Å². The first kappa shape index (κ1) is 41.9. The van der Waals surface area contributed by atoms with Gasteiger partial charge in [-0.05, 0) is 68.6 Å². The predicted octanol–water partition coefficient (Wildman–Crippen LogP) is 1.67. The number of rotatable bonds is 17. The number of carbonyl (C=O) groups excluding carboxylic acids is 3. The number of benzene rings is 1. The number of anilines is 2. The fourth-order valence-electron chi connectivity index (χ4n) is 5.87. The van der Waals surface area contributed by atoms with E-state index in [1.165, 1.54) is 0 Å². The Morgan fingerprint density at radius 2 is 1.50 bits per heavy atom. The summed E-state index contributed by atoms with van der Waals surface area (Å²) in [4.78, 5) is 45.4. The first-order valence-electron chi connectivity index (χ1n) is 17.5. The zero-order chi connectivity index (χ0) is 38.0. The van der Waals surface area contributed by atoms with Crippen molar-refractivity contribution >= 4 is 29.9 Å². The molecule has 0 atom stereocenters. The highest BCUT2D eigenvalue weighted by atomic mass is 19.4. The van der Waals surface area contributed by atoms with E-state index in [1.54, 1.807) is 18.2 Å². The number of aromatic nitrogens is 2. The van der Waals surface area contributed by atoms with Gasteiger partial charge in [-0.25, -0.2) is 9.97 Å². The van der Waals surface area contributed by atoms with Crippen molar-refractivity contribution in [2.75, 3.05) is 68.9 Å². The number of hydrogen-bond acceptors (Lipinski definition) is 11. The van der Waals surface area contributed by atoms with Crippen molar-refractivity contribution in [3.63, 3.8) is 0 Å². The van der Waals surface area contributed by atoms with E-state index in [0.29, 0.717) is 68.7 Å². The molecule has 0 bridgehead atoms. The first-order valence-corrected chi connectivity index (χ1v) is 17.5. The quantitative estimate of drug-likeness (QED) is 0.102. The monoisotopic (exact) mass is 734 g/mol. The minimum absolute atomic E-state index is 0.0650. The van der Waals surface area contributed by atoms with Crippen molar-refractivity contribution in [3.8, 4) is 6.07 Å². The molecular weight excluding hydrogens is 685 g/mol. The molecule has 0 unspecified atom stereocenters. The van der Waals surface area contributed by atoms with Crippen molar-refractivity contribution in [1.29, 1.82) is 5.26 Å². The molecule has 286 valence electrons. The summed E-state index contributed by atoms with van der Waals surface area (Å²) in [6.07, 6.45) is 1.98. The largest absolute Gasteiger partial charge is 0.451 e. The van der Waals surface area contributed by atoms with Gasteiger partial charge in [0.25, 0.3) is 0 Å². The second-order valence-electron chi connectivity index (χ2n) is 13.0. The van der Waals surface area contributed by atoms with Crippen molar-refractivity contribution in [2.24, 2.45) is 5.92 Å². The molecule has 2 aliphatic heterocycles. The van der Waals surface area contributed by atoms with Gasteiger partial charge in [0.05, 0.1) is 31.5 Å². The van der Waals surface area contributed by atoms with Crippen LogP contribution in [0, 0.1) is 17.2 Å². The van der Waals surface area contributed by atoms with Crippen LogP contribution < -0.4 is 25.8 Å². The highest BCUT2D eigenvalue weighted by molar-refractivity contribution is 5.79. The van der Waals surface area contributed by atoms with Gasteiger partial charge in [0, 0.05) is 58.2 Å². The zero-order valence-electron chi connectivity index (χ0n) is 29.2. The van der Waals surface area contributed by atoms with Gasteiger partial charge < -0.3 is 41.1 Å². The fraction of sp³-hybridized carbons (Fsp3) is 0.600. The summed E-state index contributed by atoms with van der Waals surface area (Å²) in [5, 5.41) is 43.9. The van der Waals surface area contributed by atoms with Crippen LogP contribution in [0.25, 0.3) is 0 Å². The second-order valence-corrected chi connectivity index (χ2v) is 13.0. The molecule has 2 aliphatic rings. The third kappa shape index (κ3) is 13.5. The highest BCUT2D eigenvalue weighted by Gasteiger charge is 2.37. The number of nitriles is 1. The lowest BCUT2D eigenvalue weighted by molar-refractivity contribution is -0.144. The lowest BCUT2D eigenvalue weighted by Gasteiger charge is -2.33. The number of carbonyl (C=O) groups is 3.